The predicted octanol–water partition coefficient (Wildman–Crippen LogP) is 1.08. The Morgan fingerprint density at radius 1 is 1.39 bits per heavy atom. The SMILES string of the molecule is Cl.NC(CNC(=O)CCN1C(=O)COc2ccccc21)C1CC1. The minimum atomic E-state index is -0.124. The Bertz CT molecular complexity index is 577. The van der Waals surface area contributed by atoms with Crippen LogP contribution in [-0.2, 0) is 9.59 Å². The molecule has 1 atom stereocenters. The van der Waals surface area contributed by atoms with Crippen molar-refractivity contribution < 1.29 is 14.3 Å². The number of nitrogens with zero attached hydrogens (tertiary/aromatic N) is 1. The second kappa shape index (κ2) is 7.66. The molecule has 0 aromatic heterocycles. The third-order valence-corrected chi connectivity index (χ3v) is 4.13. The van der Waals surface area contributed by atoms with Gasteiger partial charge in [-0.25, -0.2) is 0 Å². The lowest BCUT2D eigenvalue weighted by molar-refractivity contribution is -0.122. The third kappa shape index (κ3) is 4.36. The molecule has 1 fully saturated rings. The van der Waals surface area contributed by atoms with E-state index in [0.29, 0.717) is 24.8 Å². The highest BCUT2D eigenvalue weighted by atomic mass is 35.5. The van der Waals surface area contributed by atoms with Crippen molar-refractivity contribution in [2.45, 2.75) is 25.3 Å². The first-order valence-corrected chi connectivity index (χ1v) is 7.69. The van der Waals surface area contributed by atoms with Gasteiger partial charge in [-0.2, -0.15) is 0 Å². The number of amides is 2. The average molecular weight is 340 g/mol. The van der Waals surface area contributed by atoms with E-state index in [9.17, 15) is 9.59 Å². The number of hydrogen-bond acceptors (Lipinski definition) is 4. The zero-order valence-corrected chi connectivity index (χ0v) is 13.7. The van der Waals surface area contributed by atoms with Crippen molar-refractivity contribution in [3.63, 3.8) is 0 Å². The number of nitrogens with one attached hydrogen (secondary N) is 1. The fraction of sp³-hybridized carbons (Fsp3) is 0.500. The van der Waals surface area contributed by atoms with Gasteiger partial charge in [0.1, 0.15) is 5.75 Å². The maximum absolute atomic E-state index is 12.0. The van der Waals surface area contributed by atoms with Crippen LogP contribution in [0.5, 0.6) is 5.75 Å². The topological polar surface area (TPSA) is 84.7 Å². The summed E-state index contributed by atoms with van der Waals surface area (Å²) in [6.45, 7) is 0.881. The van der Waals surface area contributed by atoms with E-state index >= 15 is 0 Å². The van der Waals surface area contributed by atoms with Crippen LogP contribution in [0.3, 0.4) is 0 Å². The lowest BCUT2D eigenvalue weighted by Crippen LogP contribution is -2.42. The van der Waals surface area contributed by atoms with Crippen molar-refractivity contribution in [2.75, 3.05) is 24.6 Å². The van der Waals surface area contributed by atoms with Crippen LogP contribution in [0.1, 0.15) is 19.3 Å². The van der Waals surface area contributed by atoms with Crippen LogP contribution < -0.4 is 20.7 Å². The van der Waals surface area contributed by atoms with E-state index in [0.717, 1.165) is 18.5 Å². The van der Waals surface area contributed by atoms with Gasteiger partial charge >= 0.3 is 0 Å². The Hall–Kier alpha value is -1.79. The molecule has 3 N–H and O–H groups in total. The summed E-state index contributed by atoms with van der Waals surface area (Å²) < 4.78 is 5.38. The van der Waals surface area contributed by atoms with Crippen molar-refractivity contribution in [1.82, 2.24) is 5.32 Å². The fourth-order valence-electron chi connectivity index (χ4n) is 2.62. The number of hydrogen-bond donors (Lipinski definition) is 2. The molecule has 126 valence electrons. The number of rotatable bonds is 6. The fourth-order valence-corrected chi connectivity index (χ4v) is 2.62. The van der Waals surface area contributed by atoms with Gasteiger partial charge in [0.05, 0.1) is 5.69 Å². The summed E-state index contributed by atoms with van der Waals surface area (Å²) in [5, 5.41) is 2.85. The van der Waals surface area contributed by atoms with Gasteiger partial charge in [0.15, 0.2) is 6.61 Å². The number of carbonyl (C=O) groups is 2. The smallest absolute Gasteiger partial charge is 0.265 e. The Balaban J connectivity index is 0.00000192. The minimum Gasteiger partial charge on any atom is -0.482 e. The molecule has 0 spiro atoms. The monoisotopic (exact) mass is 339 g/mol. The first-order chi connectivity index (χ1) is 10.6. The molecule has 6 nitrogen and oxygen atoms in total. The summed E-state index contributed by atoms with van der Waals surface area (Å²) >= 11 is 0. The zero-order chi connectivity index (χ0) is 15.5. The minimum absolute atomic E-state index is 0. The normalized spacial score (nSPS) is 17.6. The number of anilines is 1. The molecule has 0 radical (unpaired) electrons. The van der Waals surface area contributed by atoms with Crippen LogP contribution >= 0.6 is 12.4 Å². The molecule has 0 saturated heterocycles. The summed E-state index contributed by atoms with van der Waals surface area (Å²) in [5.41, 5.74) is 6.68. The van der Waals surface area contributed by atoms with E-state index < -0.39 is 0 Å². The molecule has 1 saturated carbocycles. The van der Waals surface area contributed by atoms with Gasteiger partial charge in [-0.05, 0) is 30.9 Å². The molecule has 1 aromatic rings. The average Bonchev–Trinajstić information content (AvgIpc) is 3.36. The van der Waals surface area contributed by atoms with Crippen molar-refractivity contribution >= 4 is 29.9 Å². The molecular formula is C16H22ClN3O3. The van der Waals surface area contributed by atoms with E-state index in [4.69, 9.17) is 10.5 Å². The number of halogens is 1. The molecule has 1 unspecified atom stereocenters. The molecule has 1 heterocycles. The second-order valence-electron chi connectivity index (χ2n) is 5.86. The molecular weight excluding hydrogens is 318 g/mol. The second-order valence-corrected chi connectivity index (χ2v) is 5.86. The summed E-state index contributed by atoms with van der Waals surface area (Å²) in [4.78, 5) is 25.5. The molecule has 1 aromatic carbocycles. The van der Waals surface area contributed by atoms with E-state index in [1.165, 1.54) is 0 Å². The summed E-state index contributed by atoms with van der Waals surface area (Å²) in [6.07, 6.45) is 2.59. The molecule has 2 aliphatic rings. The van der Waals surface area contributed by atoms with Gasteiger partial charge in [-0.15, -0.1) is 12.4 Å². The van der Waals surface area contributed by atoms with E-state index in [1.54, 1.807) is 4.90 Å². The highest BCUT2D eigenvalue weighted by Gasteiger charge is 2.29. The van der Waals surface area contributed by atoms with Gasteiger partial charge in [0.2, 0.25) is 5.91 Å². The van der Waals surface area contributed by atoms with Gasteiger partial charge in [0, 0.05) is 25.6 Å². The zero-order valence-electron chi connectivity index (χ0n) is 12.9. The van der Waals surface area contributed by atoms with Crippen molar-refractivity contribution in [1.29, 1.82) is 0 Å². The van der Waals surface area contributed by atoms with Crippen LogP contribution in [-0.4, -0.2) is 37.6 Å². The van der Waals surface area contributed by atoms with Crippen LogP contribution in [0, 0.1) is 5.92 Å². The van der Waals surface area contributed by atoms with Crippen LogP contribution in [0.25, 0.3) is 0 Å². The quantitative estimate of drug-likeness (QED) is 0.812. The molecule has 7 heteroatoms. The largest absolute Gasteiger partial charge is 0.482 e. The number of carbonyl (C=O) groups excluding carboxylic acids is 2. The predicted molar refractivity (Wildman–Crippen MR) is 89.9 cm³/mol. The van der Waals surface area contributed by atoms with E-state index in [2.05, 4.69) is 5.32 Å². The molecule has 1 aliphatic heterocycles. The third-order valence-electron chi connectivity index (χ3n) is 4.13. The molecule has 23 heavy (non-hydrogen) atoms. The van der Waals surface area contributed by atoms with Crippen molar-refractivity contribution in [2.24, 2.45) is 11.7 Å². The Labute approximate surface area is 141 Å². The molecule has 0 bridgehead atoms. The van der Waals surface area contributed by atoms with Crippen molar-refractivity contribution in [3.05, 3.63) is 24.3 Å². The summed E-state index contributed by atoms with van der Waals surface area (Å²) in [6, 6.07) is 7.41. The lowest BCUT2D eigenvalue weighted by atomic mass is 10.2. The van der Waals surface area contributed by atoms with Gasteiger partial charge < -0.3 is 20.7 Å². The van der Waals surface area contributed by atoms with Crippen LogP contribution in [0.4, 0.5) is 5.69 Å². The van der Waals surface area contributed by atoms with Crippen LogP contribution in [0.15, 0.2) is 24.3 Å². The van der Waals surface area contributed by atoms with Crippen LogP contribution in [0.2, 0.25) is 0 Å². The maximum atomic E-state index is 12.0. The van der Waals surface area contributed by atoms with E-state index in [-0.39, 0.29) is 43.3 Å². The lowest BCUT2D eigenvalue weighted by Gasteiger charge is -2.29. The first kappa shape index (κ1) is 17.6. The molecule has 1 aliphatic carbocycles. The van der Waals surface area contributed by atoms with Crippen molar-refractivity contribution in [3.8, 4) is 5.75 Å². The van der Waals surface area contributed by atoms with Gasteiger partial charge in [-0.1, -0.05) is 12.1 Å². The standard InChI is InChI=1S/C16H21N3O3.ClH/c17-12(11-5-6-11)9-18-15(20)7-8-19-13-3-1-2-4-14(13)22-10-16(19)21;/h1-4,11-12H,5-10,17H2,(H,18,20);1H. The number of benzene rings is 1. The Kier molecular flexibility index (Phi) is 5.85. The van der Waals surface area contributed by atoms with E-state index in [1.807, 2.05) is 24.3 Å². The number of para-hydroxylation sites is 2. The van der Waals surface area contributed by atoms with Gasteiger partial charge in [-0.3, -0.25) is 9.59 Å². The highest BCUT2D eigenvalue weighted by molar-refractivity contribution is 5.98. The first-order valence-electron chi connectivity index (χ1n) is 7.69. The molecule has 3 rings (SSSR count). The maximum Gasteiger partial charge on any atom is 0.265 e. The summed E-state index contributed by atoms with van der Waals surface area (Å²) in [7, 11) is 0. The van der Waals surface area contributed by atoms with Gasteiger partial charge in [0.25, 0.3) is 5.91 Å². The molecule has 2 amide bonds. The number of nitrogens with two attached hydrogens (primary N) is 1. The highest BCUT2D eigenvalue weighted by Crippen LogP contribution is 2.32. The Morgan fingerprint density at radius 2 is 2.13 bits per heavy atom. The number of ether oxygens (including phenoxy) is 1. The number of fused-ring (bicyclic) bond motifs is 1. The summed E-state index contributed by atoms with van der Waals surface area (Å²) in [5.74, 6) is 1.04. The Morgan fingerprint density at radius 3 is 2.87 bits per heavy atom.